The predicted octanol–water partition coefficient (Wildman–Crippen LogP) is 1.24. The summed E-state index contributed by atoms with van der Waals surface area (Å²) in [6, 6.07) is 0. The van der Waals surface area contributed by atoms with Crippen molar-refractivity contribution in [2.24, 2.45) is 0 Å². The van der Waals surface area contributed by atoms with Crippen LogP contribution in [-0.2, 0) is 17.7 Å². The second-order valence-corrected chi connectivity index (χ2v) is 4.95. The van der Waals surface area contributed by atoms with Crippen molar-refractivity contribution in [3.05, 3.63) is 29.5 Å². The van der Waals surface area contributed by atoms with Gasteiger partial charge in [-0.3, -0.25) is 10.00 Å². The molecule has 1 unspecified atom stereocenters. The summed E-state index contributed by atoms with van der Waals surface area (Å²) in [6.07, 6.45) is 2.58. The summed E-state index contributed by atoms with van der Waals surface area (Å²) >= 11 is 0. The van der Waals surface area contributed by atoms with Crippen molar-refractivity contribution >= 4 is 0 Å². The molecule has 1 saturated heterocycles. The second-order valence-electron chi connectivity index (χ2n) is 4.95. The van der Waals surface area contributed by atoms with Gasteiger partial charge in [0.25, 0.3) is 0 Å². The number of oxazole rings is 1. The Morgan fingerprint density at radius 2 is 2.40 bits per heavy atom. The summed E-state index contributed by atoms with van der Waals surface area (Å²) < 4.78 is 11.4. The van der Waals surface area contributed by atoms with E-state index in [0.29, 0.717) is 19.0 Å². The van der Waals surface area contributed by atoms with Gasteiger partial charge in [-0.15, -0.1) is 0 Å². The number of aromatic nitrogens is 4. The van der Waals surface area contributed by atoms with E-state index in [2.05, 4.69) is 32.0 Å². The van der Waals surface area contributed by atoms with Crippen LogP contribution >= 0.6 is 0 Å². The Labute approximate surface area is 117 Å². The number of nitrogens with zero attached hydrogens (tertiary/aromatic N) is 4. The zero-order valence-corrected chi connectivity index (χ0v) is 11.8. The van der Waals surface area contributed by atoms with Gasteiger partial charge in [0.1, 0.15) is 17.7 Å². The minimum Gasteiger partial charge on any atom is -0.444 e. The molecule has 3 heterocycles. The van der Waals surface area contributed by atoms with Gasteiger partial charge in [-0.1, -0.05) is 6.92 Å². The van der Waals surface area contributed by atoms with E-state index in [4.69, 9.17) is 9.15 Å². The maximum Gasteiger partial charge on any atom is 0.208 e. The predicted molar refractivity (Wildman–Crippen MR) is 71.0 cm³/mol. The maximum absolute atomic E-state index is 5.73. The van der Waals surface area contributed by atoms with Gasteiger partial charge in [-0.2, -0.15) is 5.10 Å². The highest BCUT2D eigenvalue weighted by atomic mass is 16.5. The van der Waals surface area contributed by atoms with Gasteiger partial charge >= 0.3 is 0 Å². The van der Waals surface area contributed by atoms with Gasteiger partial charge in [0.05, 0.1) is 19.3 Å². The number of morpholine rings is 1. The molecular weight excluding hydrogens is 258 g/mol. The summed E-state index contributed by atoms with van der Waals surface area (Å²) in [7, 11) is 0. The van der Waals surface area contributed by atoms with E-state index in [1.165, 1.54) is 0 Å². The Kier molecular flexibility index (Phi) is 3.79. The summed E-state index contributed by atoms with van der Waals surface area (Å²) in [5, 5.41) is 7.02. The summed E-state index contributed by atoms with van der Waals surface area (Å²) in [5.74, 6) is 3.21. The molecule has 7 nitrogen and oxygen atoms in total. The minimum absolute atomic E-state index is 0.0886. The number of hydrogen-bond acceptors (Lipinski definition) is 6. The number of aryl methyl sites for hydroxylation is 2. The van der Waals surface area contributed by atoms with Crippen LogP contribution < -0.4 is 0 Å². The quantitative estimate of drug-likeness (QED) is 0.905. The molecule has 1 atom stereocenters. The zero-order chi connectivity index (χ0) is 13.9. The summed E-state index contributed by atoms with van der Waals surface area (Å²) in [6.45, 7) is 6.92. The molecule has 1 aliphatic rings. The fourth-order valence-electron chi connectivity index (χ4n) is 2.28. The standard InChI is InChI=1S/C13H19N5O2/c1-3-10-6-14-12(20-10)8-18-4-5-19-11(7-18)13-15-9(2)16-17-13/h6,11H,3-5,7-8H2,1-2H3,(H,15,16,17). The van der Waals surface area contributed by atoms with Crippen LogP contribution in [0.5, 0.6) is 0 Å². The number of H-pyrrole nitrogens is 1. The number of aromatic amines is 1. The molecule has 2 aromatic heterocycles. The van der Waals surface area contributed by atoms with Crippen LogP contribution in [0.3, 0.4) is 0 Å². The third-order valence-corrected chi connectivity index (χ3v) is 3.36. The Hall–Kier alpha value is -1.73. The monoisotopic (exact) mass is 277 g/mol. The van der Waals surface area contributed by atoms with Crippen LogP contribution in [0, 0.1) is 6.92 Å². The maximum atomic E-state index is 5.73. The van der Waals surface area contributed by atoms with Crippen molar-refractivity contribution < 1.29 is 9.15 Å². The van der Waals surface area contributed by atoms with E-state index in [9.17, 15) is 0 Å². The van der Waals surface area contributed by atoms with E-state index < -0.39 is 0 Å². The fraction of sp³-hybridized carbons (Fsp3) is 0.615. The van der Waals surface area contributed by atoms with Crippen molar-refractivity contribution in [2.45, 2.75) is 32.9 Å². The molecule has 1 aliphatic heterocycles. The highest BCUT2D eigenvalue weighted by Crippen LogP contribution is 2.20. The third-order valence-electron chi connectivity index (χ3n) is 3.36. The molecule has 0 amide bonds. The van der Waals surface area contributed by atoms with E-state index in [1.54, 1.807) is 6.20 Å². The molecule has 1 fully saturated rings. The van der Waals surface area contributed by atoms with Gasteiger partial charge in [-0.25, -0.2) is 9.97 Å². The van der Waals surface area contributed by atoms with Crippen LogP contribution in [-0.4, -0.2) is 44.8 Å². The fourth-order valence-corrected chi connectivity index (χ4v) is 2.28. The number of nitrogens with one attached hydrogen (secondary N) is 1. The molecule has 0 spiro atoms. The van der Waals surface area contributed by atoms with Gasteiger partial charge in [0.15, 0.2) is 5.82 Å². The topological polar surface area (TPSA) is 80.1 Å². The van der Waals surface area contributed by atoms with Crippen LogP contribution in [0.1, 0.15) is 36.3 Å². The molecule has 0 aliphatic carbocycles. The van der Waals surface area contributed by atoms with Gasteiger partial charge in [-0.05, 0) is 6.92 Å². The highest BCUT2D eigenvalue weighted by molar-refractivity contribution is 4.97. The first-order valence-corrected chi connectivity index (χ1v) is 6.91. The molecule has 0 aromatic carbocycles. The third kappa shape index (κ3) is 2.88. The van der Waals surface area contributed by atoms with Crippen molar-refractivity contribution in [1.82, 2.24) is 25.1 Å². The van der Waals surface area contributed by atoms with Crippen LogP contribution in [0.4, 0.5) is 0 Å². The first-order chi connectivity index (χ1) is 9.74. The minimum atomic E-state index is -0.0886. The molecule has 108 valence electrons. The summed E-state index contributed by atoms with van der Waals surface area (Å²) in [4.78, 5) is 10.9. The van der Waals surface area contributed by atoms with Crippen LogP contribution in [0.25, 0.3) is 0 Å². The van der Waals surface area contributed by atoms with Crippen molar-refractivity contribution in [3.8, 4) is 0 Å². The molecule has 2 aromatic rings. The Bertz CT molecular complexity index is 565. The zero-order valence-electron chi connectivity index (χ0n) is 11.8. The number of rotatable bonds is 4. The molecule has 3 rings (SSSR count). The SMILES string of the molecule is CCc1cnc(CN2CCOC(c3n[nH]c(C)n3)C2)o1. The Morgan fingerprint density at radius 1 is 1.50 bits per heavy atom. The summed E-state index contributed by atoms with van der Waals surface area (Å²) in [5.41, 5.74) is 0. The molecule has 0 radical (unpaired) electrons. The van der Waals surface area contributed by atoms with Crippen LogP contribution in [0.2, 0.25) is 0 Å². The van der Waals surface area contributed by atoms with Gasteiger partial charge in [0.2, 0.25) is 5.89 Å². The van der Waals surface area contributed by atoms with E-state index >= 15 is 0 Å². The van der Waals surface area contributed by atoms with Gasteiger partial charge < -0.3 is 9.15 Å². The largest absolute Gasteiger partial charge is 0.444 e. The normalized spacial score (nSPS) is 20.4. The van der Waals surface area contributed by atoms with Crippen molar-refractivity contribution in [1.29, 1.82) is 0 Å². The molecular formula is C13H19N5O2. The first-order valence-electron chi connectivity index (χ1n) is 6.91. The molecule has 20 heavy (non-hydrogen) atoms. The lowest BCUT2D eigenvalue weighted by Crippen LogP contribution is -2.38. The lowest BCUT2D eigenvalue weighted by molar-refractivity contribution is -0.0393. The highest BCUT2D eigenvalue weighted by Gasteiger charge is 2.25. The first kappa shape index (κ1) is 13.3. The average Bonchev–Trinajstić information content (AvgIpc) is 3.08. The number of hydrogen-bond donors (Lipinski definition) is 1. The van der Waals surface area contributed by atoms with Crippen molar-refractivity contribution in [2.75, 3.05) is 19.7 Å². The lowest BCUT2D eigenvalue weighted by atomic mass is 10.2. The lowest BCUT2D eigenvalue weighted by Gasteiger charge is -2.30. The Morgan fingerprint density at radius 3 is 3.10 bits per heavy atom. The van der Waals surface area contributed by atoms with E-state index in [1.807, 2.05) is 6.92 Å². The smallest absolute Gasteiger partial charge is 0.208 e. The van der Waals surface area contributed by atoms with E-state index in [-0.39, 0.29) is 6.10 Å². The second kappa shape index (κ2) is 5.72. The average molecular weight is 277 g/mol. The number of ether oxygens (including phenoxy) is 1. The molecule has 0 saturated carbocycles. The van der Waals surface area contributed by atoms with Crippen LogP contribution in [0.15, 0.2) is 10.6 Å². The molecule has 1 N–H and O–H groups in total. The van der Waals surface area contributed by atoms with Gasteiger partial charge in [0, 0.05) is 19.5 Å². The van der Waals surface area contributed by atoms with Crippen molar-refractivity contribution in [3.63, 3.8) is 0 Å². The van der Waals surface area contributed by atoms with E-state index in [0.717, 1.165) is 37.0 Å². The molecule has 7 heteroatoms. The molecule has 0 bridgehead atoms. The Balaban J connectivity index is 1.63.